The second-order valence-corrected chi connectivity index (χ2v) is 11.0. The van der Waals surface area contributed by atoms with E-state index in [9.17, 15) is 4.79 Å². The minimum Gasteiger partial charge on any atom is -0.418 e. The Kier molecular flexibility index (Phi) is 17.9. The van der Waals surface area contributed by atoms with E-state index in [1.165, 1.54) is 11.8 Å². The second kappa shape index (κ2) is 20.5. The first-order valence-corrected chi connectivity index (χ1v) is 13.5. The topological polar surface area (TPSA) is 38.8 Å². The van der Waals surface area contributed by atoms with E-state index in [1.54, 1.807) is 0 Å². The van der Waals surface area contributed by atoms with Gasteiger partial charge in [0.15, 0.2) is 8.32 Å². The summed E-state index contributed by atoms with van der Waals surface area (Å²) in [4.78, 5) is 13.0. The van der Waals surface area contributed by atoms with Crippen molar-refractivity contribution in [3.63, 3.8) is 0 Å². The highest BCUT2D eigenvalue weighted by Crippen LogP contribution is 2.13. The van der Waals surface area contributed by atoms with Gasteiger partial charge < -0.3 is 9.16 Å². The van der Waals surface area contributed by atoms with Crippen molar-refractivity contribution in [1.82, 2.24) is 4.90 Å². The first-order valence-electron chi connectivity index (χ1n) is 10.4. The number of hydrogen-bond acceptors (Lipinski definition) is 3. The van der Waals surface area contributed by atoms with E-state index in [1.807, 2.05) is 6.92 Å². The van der Waals surface area contributed by atoms with Gasteiger partial charge >= 0.3 is 0 Å². The van der Waals surface area contributed by atoms with Crippen LogP contribution in [0.1, 0.15) is 20.3 Å². The monoisotopic (exact) mass is 463 g/mol. The molecule has 1 amide bonds. The highest BCUT2D eigenvalue weighted by atomic mass is 28.4. The number of ether oxygens (including phenoxy) is 1. The van der Waals surface area contributed by atoms with E-state index in [4.69, 9.17) is 15.6 Å². The van der Waals surface area contributed by atoms with Crippen LogP contribution in [0, 0.1) is 107 Å². The largest absolute Gasteiger partial charge is 0.418 e. The molecule has 0 aromatic rings. The fourth-order valence-corrected chi connectivity index (χ4v) is 4.07. The van der Waals surface area contributed by atoms with Gasteiger partial charge in [-0.1, -0.05) is 0 Å². The van der Waals surface area contributed by atoms with Crippen LogP contribution in [-0.4, -0.2) is 45.5 Å². The zero-order valence-corrected chi connectivity index (χ0v) is 21.0. The number of rotatable bonds is 9. The van der Waals surface area contributed by atoms with Crippen molar-refractivity contribution in [1.29, 1.82) is 0 Å². The molecule has 0 bridgehead atoms. The Morgan fingerprint density at radius 3 is 1.71 bits per heavy atom. The predicted octanol–water partition coefficient (Wildman–Crippen LogP) is 2.10. The molecule has 0 heterocycles. The summed E-state index contributed by atoms with van der Waals surface area (Å²) in [6, 6.07) is 3.73. The standard InChI is InChI=1S/C29H25NO3Si/c1-6-8-9-10-11-12-13-14-15-16-17-18-19-20-21-22-24-30(29(3)31)25-27-32-26-23-28-34(4,5)33-7-2/h1H,7,23,25-28H2,2-5H3. The number of carbonyl (C=O) groups excluding carboxylic acids is 1. The third-order valence-electron chi connectivity index (χ3n) is 3.58. The Morgan fingerprint density at radius 1 is 0.794 bits per heavy atom. The van der Waals surface area contributed by atoms with Crippen LogP contribution in [0.15, 0.2) is 0 Å². The van der Waals surface area contributed by atoms with Gasteiger partial charge in [0, 0.05) is 73.5 Å². The average Bonchev–Trinajstić information content (AvgIpc) is 2.79. The van der Waals surface area contributed by atoms with Gasteiger partial charge in [-0.15, -0.1) is 6.42 Å². The maximum absolute atomic E-state index is 11.7. The SMILES string of the molecule is C#CC#CC#CC#CC#CC#CC#CC#CC#CN(CCOCCC[Si](C)(C)OCC)C(C)=O. The van der Waals surface area contributed by atoms with Gasteiger partial charge in [0.2, 0.25) is 5.91 Å². The molecule has 4 nitrogen and oxygen atoms in total. The van der Waals surface area contributed by atoms with E-state index < -0.39 is 8.32 Å². The third kappa shape index (κ3) is 19.6. The molecule has 0 unspecified atom stereocenters. The Hall–Kier alpha value is -4.35. The molecule has 0 saturated carbocycles. The van der Waals surface area contributed by atoms with Gasteiger partial charge in [-0.2, -0.15) is 0 Å². The molecule has 0 aliphatic carbocycles. The van der Waals surface area contributed by atoms with E-state index in [2.05, 4.69) is 114 Å². The number of nitrogens with zero attached hydrogens (tertiary/aromatic N) is 1. The van der Waals surface area contributed by atoms with Crippen molar-refractivity contribution in [2.45, 2.75) is 39.4 Å². The molecule has 0 aromatic heterocycles. The summed E-state index contributed by atoms with van der Waals surface area (Å²) in [7, 11) is -1.58. The Morgan fingerprint density at radius 2 is 1.26 bits per heavy atom. The van der Waals surface area contributed by atoms with Crippen LogP contribution in [0.5, 0.6) is 0 Å². The fraction of sp³-hybridized carbons (Fsp3) is 0.345. The van der Waals surface area contributed by atoms with E-state index in [0.29, 0.717) is 19.8 Å². The van der Waals surface area contributed by atoms with Crippen molar-refractivity contribution in [3.05, 3.63) is 0 Å². The molecule has 5 heteroatoms. The first-order chi connectivity index (χ1) is 16.4. The van der Waals surface area contributed by atoms with Crippen molar-refractivity contribution in [2.24, 2.45) is 0 Å². The fourth-order valence-electron chi connectivity index (χ4n) is 2.15. The summed E-state index contributed by atoms with van der Waals surface area (Å²) in [6.07, 6.45) is 5.88. The van der Waals surface area contributed by atoms with Crippen LogP contribution in [0.25, 0.3) is 0 Å². The molecule has 0 aliphatic rings. The van der Waals surface area contributed by atoms with Gasteiger partial charge in [0.25, 0.3) is 0 Å². The number of terminal acetylenes is 1. The van der Waals surface area contributed by atoms with E-state index in [0.717, 1.165) is 19.1 Å². The summed E-state index contributed by atoms with van der Waals surface area (Å²) < 4.78 is 11.4. The number of carbonyl (C=O) groups is 1. The second-order valence-electron chi connectivity index (χ2n) is 6.71. The Labute approximate surface area is 206 Å². The summed E-state index contributed by atoms with van der Waals surface area (Å²) >= 11 is 0. The molecule has 0 N–H and O–H groups in total. The minimum atomic E-state index is -1.58. The lowest BCUT2D eigenvalue weighted by atomic mass is 10.4. The zero-order chi connectivity index (χ0) is 25.3. The van der Waals surface area contributed by atoms with Crippen LogP contribution in [0.4, 0.5) is 0 Å². The molecular formula is C29H25NO3Si. The molecule has 0 atom stereocenters. The van der Waals surface area contributed by atoms with E-state index >= 15 is 0 Å². The van der Waals surface area contributed by atoms with Crippen molar-refractivity contribution in [2.75, 3.05) is 26.4 Å². The first kappa shape index (κ1) is 29.6. The van der Waals surface area contributed by atoms with Crippen LogP contribution >= 0.6 is 0 Å². The van der Waals surface area contributed by atoms with Crippen LogP contribution in [0.2, 0.25) is 19.1 Å². The van der Waals surface area contributed by atoms with Gasteiger partial charge in [-0.3, -0.25) is 9.69 Å². The van der Waals surface area contributed by atoms with E-state index in [-0.39, 0.29) is 5.91 Å². The van der Waals surface area contributed by atoms with Crippen molar-refractivity contribution < 1.29 is 14.0 Å². The molecule has 168 valence electrons. The molecular weight excluding hydrogens is 438 g/mol. The smallest absolute Gasteiger partial charge is 0.231 e. The third-order valence-corrected chi connectivity index (χ3v) is 6.21. The summed E-state index contributed by atoms with van der Waals surface area (Å²) in [5.41, 5.74) is 0. The highest BCUT2D eigenvalue weighted by Gasteiger charge is 2.20. The van der Waals surface area contributed by atoms with Crippen LogP contribution < -0.4 is 0 Å². The van der Waals surface area contributed by atoms with Gasteiger partial charge in [-0.25, -0.2) is 0 Å². The zero-order valence-electron chi connectivity index (χ0n) is 20.0. The molecule has 0 rings (SSSR count). The van der Waals surface area contributed by atoms with Crippen molar-refractivity contribution >= 4 is 14.2 Å². The number of amides is 1. The minimum absolute atomic E-state index is 0.173. The van der Waals surface area contributed by atoms with Gasteiger partial charge in [0.1, 0.15) is 0 Å². The molecule has 34 heavy (non-hydrogen) atoms. The van der Waals surface area contributed by atoms with Gasteiger partial charge in [0.05, 0.1) is 13.2 Å². The van der Waals surface area contributed by atoms with Crippen molar-refractivity contribution in [3.8, 4) is 107 Å². The number of hydrogen-bond donors (Lipinski definition) is 0. The van der Waals surface area contributed by atoms with Crippen LogP contribution in [0.3, 0.4) is 0 Å². The summed E-state index contributed by atoms with van der Waals surface area (Å²) in [6.45, 7) is 10.0. The van der Waals surface area contributed by atoms with Gasteiger partial charge in [-0.05, 0) is 79.8 Å². The maximum atomic E-state index is 11.7. The highest BCUT2D eigenvalue weighted by molar-refractivity contribution is 6.71. The Bertz CT molecular complexity index is 1240. The molecule has 0 fully saturated rings. The predicted molar refractivity (Wildman–Crippen MR) is 138 cm³/mol. The summed E-state index contributed by atoms with van der Waals surface area (Å²) in [5, 5.41) is 0. The van der Waals surface area contributed by atoms with Crippen LogP contribution in [-0.2, 0) is 14.0 Å². The molecule has 0 radical (unpaired) electrons. The maximum Gasteiger partial charge on any atom is 0.231 e. The quantitative estimate of drug-likeness (QED) is 0.228. The molecule has 0 aliphatic heterocycles. The molecule has 0 aromatic carbocycles. The normalized spacial score (nSPS) is 7.74. The lowest BCUT2D eigenvalue weighted by Gasteiger charge is -2.21. The summed E-state index contributed by atoms with van der Waals surface area (Å²) in [5.74, 6) is 39.4. The Balaban J connectivity index is 4.44. The molecule has 0 saturated heterocycles. The lowest BCUT2D eigenvalue weighted by Crippen LogP contribution is -2.30. The molecule has 0 spiro atoms. The average molecular weight is 464 g/mol. The lowest BCUT2D eigenvalue weighted by molar-refractivity contribution is -0.126.